The fraction of sp³-hybridized carbons (Fsp3) is 0.562. The third kappa shape index (κ3) is 2.40. The van der Waals surface area contributed by atoms with E-state index in [0.29, 0.717) is 24.2 Å². The summed E-state index contributed by atoms with van der Waals surface area (Å²) in [5.41, 5.74) is -1.14. The normalized spacial score (nSPS) is 25.2. The Kier molecular flexibility index (Phi) is 3.78. The number of ether oxygens (including phenoxy) is 2. The Hall–Kier alpha value is -1.55. The van der Waals surface area contributed by atoms with E-state index >= 15 is 0 Å². The summed E-state index contributed by atoms with van der Waals surface area (Å²) in [6.07, 6.45) is 0.859. The zero-order chi connectivity index (χ0) is 15.0. The summed E-state index contributed by atoms with van der Waals surface area (Å²) >= 11 is 0. The summed E-state index contributed by atoms with van der Waals surface area (Å²) in [4.78, 5) is 12.0. The molecule has 0 bridgehead atoms. The lowest BCUT2D eigenvalue weighted by atomic mass is 9.71. The third-order valence-electron chi connectivity index (χ3n) is 3.91. The summed E-state index contributed by atoms with van der Waals surface area (Å²) < 4.78 is 10.8. The van der Waals surface area contributed by atoms with E-state index < -0.39 is 17.1 Å². The third-order valence-corrected chi connectivity index (χ3v) is 3.91. The van der Waals surface area contributed by atoms with Gasteiger partial charge in [0.05, 0.1) is 13.0 Å². The van der Waals surface area contributed by atoms with E-state index in [-0.39, 0.29) is 5.97 Å². The van der Waals surface area contributed by atoms with Crippen LogP contribution in [0, 0.1) is 5.92 Å². The molecule has 1 aromatic carbocycles. The number of hydrogen-bond acceptors (Lipinski definition) is 4. The summed E-state index contributed by atoms with van der Waals surface area (Å²) in [5, 5.41) is 11.2. The van der Waals surface area contributed by atoms with Gasteiger partial charge in [0.25, 0.3) is 0 Å². The molecule has 1 heterocycles. The lowest BCUT2D eigenvalue weighted by Gasteiger charge is -2.45. The fourth-order valence-electron chi connectivity index (χ4n) is 3.14. The Balaban J connectivity index is 2.55. The fourth-order valence-corrected chi connectivity index (χ4v) is 3.14. The van der Waals surface area contributed by atoms with Gasteiger partial charge in [0.1, 0.15) is 17.0 Å². The first-order valence-corrected chi connectivity index (χ1v) is 6.93. The van der Waals surface area contributed by atoms with Crippen molar-refractivity contribution < 1.29 is 19.4 Å². The molecule has 2 atom stereocenters. The number of para-hydroxylation sites is 1. The number of rotatable bonds is 3. The molecule has 2 rings (SSSR count). The molecule has 1 aliphatic rings. The average Bonchev–Trinajstić information content (AvgIpc) is 2.37. The summed E-state index contributed by atoms with van der Waals surface area (Å²) in [6.45, 7) is 5.71. The monoisotopic (exact) mass is 278 g/mol. The van der Waals surface area contributed by atoms with Crippen molar-refractivity contribution in [3.8, 4) is 5.75 Å². The minimum atomic E-state index is -1.26. The van der Waals surface area contributed by atoms with Crippen LogP contribution in [0.1, 0.15) is 39.2 Å². The SMILES string of the molecule is CCC(C(=O)OC)C1(O)CC(C)(C)Oc2ccccc21. The van der Waals surface area contributed by atoms with Crippen LogP contribution in [0.4, 0.5) is 0 Å². The number of aliphatic hydroxyl groups is 1. The predicted octanol–water partition coefficient (Wildman–Crippen LogP) is 2.63. The molecule has 0 spiro atoms. The molecule has 110 valence electrons. The number of carbonyl (C=O) groups is 1. The van der Waals surface area contributed by atoms with Gasteiger partial charge in [0.2, 0.25) is 0 Å². The number of benzene rings is 1. The second kappa shape index (κ2) is 5.09. The van der Waals surface area contributed by atoms with Crippen molar-refractivity contribution in [2.75, 3.05) is 7.11 Å². The van der Waals surface area contributed by atoms with Crippen molar-refractivity contribution in [3.05, 3.63) is 29.8 Å². The largest absolute Gasteiger partial charge is 0.487 e. The van der Waals surface area contributed by atoms with E-state index in [1.165, 1.54) is 7.11 Å². The maximum atomic E-state index is 12.0. The second-order valence-corrected chi connectivity index (χ2v) is 5.94. The van der Waals surface area contributed by atoms with Crippen LogP contribution >= 0.6 is 0 Å². The van der Waals surface area contributed by atoms with Gasteiger partial charge in [-0.1, -0.05) is 25.1 Å². The van der Waals surface area contributed by atoms with Crippen LogP contribution in [-0.4, -0.2) is 23.8 Å². The van der Waals surface area contributed by atoms with Crippen molar-refractivity contribution in [2.45, 2.75) is 44.8 Å². The molecule has 20 heavy (non-hydrogen) atoms. The molecule has 1 aliphatic heterocycles. The Bertz CT molecular complexity index is 509. The van der Waals surface area contributed by atoms with E-state index in [1.54, 1.807) is 0 Å². The van der Waals surface area contributed by atoms with Gasteiger partial charge in [-0.25, -0.2) is 0 Å². The topological polar surface area (TPSA) is 55.8 Å². The van der Waals surface area contributed by atoms with E-state index in [2.05, 4.69) is 0 Å². The highest BCUT2D eigenvalue weighted by Crippen LogP contribution is 2.48. The number of fused-ring (bicyclic) bond motifs is 1. The molecule has 4 nitrogen and oxygen atoms in total. The standard InChI is InChI=1S/C16H22O4/c1-5-11(14(17)19-4)16(18)10-15(2,3)20-13-9-7-6-8-12(13)16/h6-9,11,18H,5,10H2,1-4H3. The molecule has 0 fully saturated rings. The highest BCUT2D eigenvalue weighted by atomic mass is 16.5. The lowest BCUT2D eigenvalue weighted by molar-refractivity contribution is -0.164. The van der Waals surface area contributed by atoms with Crippen molar-refractivity contribution in [3.63, 3.8) is 0 Å². The van der Waals surface area contributed by atoms with Gasteiger partial charge >= 0.3 is 5.97 Å². The van der Waals surface area contributed by atoms with Crippen LogP contribution in [0.5, 0.6) is 5.75 Å². The molecule has 0 saturated heterocycles. The molecule has 1 aromatic rings. The number of hydrogen-bond donors (Lipinski definition) is 1. The van der Waals surface area contributed by atoms with Crippen molar-refractivity contribution in [1.29, 1.82) is 0 Å². The average molecular weight is 278 g/mol. The molecule has 4 heteroatoms. The van der Waals surface area contributed by atoms with Crippen molar-refractivity contribution in [1.82, 2.24) is 0 Å². The first kappa shape index (κ1) is 14.9. The Morgan fingerprint density at radius 3 is 2.70 bits per heavy atom. The maximum Gasteiger partial charge on any atom is 0.311 e. The first-order chi connectivity index (χ1) is 9.34. The van der Waals surface area contributed by atoms with E-state index in [1.807, 2.05) is 45.0 Å². The van der Waals surface area contributed by atoms with Gasteiger partial charge in [0.15, 0.2) is 0 Å². The molecule has 2 unspecified atom stereocenters. The van der Waals surface area contributed by atoms with Gasteiger partial charge in [-0.15, -0.1) is 0 Å². The van der Waals surface area contributed by atoms with Crippen molar-refractivity contribution in [2.24, 2.45) is 5.92 Å². The number of esters is 1. The molecule has 0 aliphatic carbocycles. The van der Waals surface area contributed by atoms with Gasteiger partial charge in [-0.2, -0.15) is 0 Å². The molecule has 1 N–H and O–H groups in total. The second-order valence-electron chi connectivity index (χ2n) is 5.94. The Morgan fingerprint density at radius 1 is 1.45 bits per heavy atom. The van der Waals surface area contributed by atoms with Gasteiger partial charge < -0.3 is 14.6 Å². The van der Waals surface area contributed by atoms with Crippen LogP contribution in [0.2, 0.25) is 0 Å². The lowest BCUT2D eigenvalue weighted by Crippen LogP contribution is -2.50. The molecular formula is C16H22O4. The van der Waals surface area contributed by atoms with Crippen LogP contribution in [-0.2, 0) is 15.1 Å². The molecule has 0 amide bonds. The first-order valence-electron chi connectivity index (χ1n) is 6.93. The van der Waals surface area contributed by atoms with Gasteiger partial charge in [-0.05, 0) is 26.3 Å². The summed E-state index contributed by atoms with van der Waals surface area (Å²) in [7, 11) is 1.35. The summed E-state index contributed by atoms with van der Waals surface area (Å²) in [5.74, 6) is -0.354. The Morgan fingerprint density at radius 2 is 2.10 bits per heavy atom. The molecular weight excluding hydrogens is 256 g/mol. The quantitative estimate of drug-likeness (QED) is 0.864. The van der Waals surface area contributed by atoms with Crippen LogP contribution < -0.4 is 4.74 Å². The van der Waals surface area contributed by atoms with E-state index in [9.17, 15) is 9.90 Å². The number of carbonyl (C=O) groups excluding carboxylic acids is 1. The summed E-state index contributed by atoms with van der Waals surface area (Å²) in [6, 6.07) is 7.34. The van der Waals surface area contributed by atoms with Crippen LogP contribution in [0.15, 0.2) is 24.3 Å². The van der Waals surface area contributed by atoms with Gasteiger partial charge in [0, 0.05) is 12.0 Å². The van der Waals surface area contributed by atoms with Crippen molar-refractivity contribution >= 4 is 5.97 Å². The minimum absolute atomic E-state index is 0.352. The molecule has 0 radical (unpaired) electrons. The predicted molar refractivity (Wildman–Crippen MR) is 75.5 cm³/mol. The molecule has 0 aromatic heterocycles. The highest BCUT2D eigenvalue weighted by molar-refractivity contribution is 5.74. The van der Waals surface area contributed by atoms with Gasteiger partial charge in [-0.3, -0.25) is 4.79 Å². The number of methoxy groups -OCH3 is 1. The zero-order valence-corrected chi connectivity index (χ0v) is 12.5. The molecule has 0 saturated carbocycles. The highest BCUT2D eigenvalue weighted by Gasteiger charge is 2.51. The maximum absolute atomic E-state index is 12.0. The Labute approximate surface area is 119 Å². The van der Waals surface area contributed by atoms with E-state index in [4.69, 9.17) is 9.47 Å². The van der Waals surface area contributed by atoms with E-state index in [0.717, 1.165) is 0 Å². The minimum Gasteiger partial charge on any atom is -0.487 e. The zero-order valence-electron chi connectivity index (χ0n) is 12.5. The van der Waals surface area contributed by atoms with Crippen LogP contribution in [0.25, 0.3) is 0 Å². The van der Waals surface area contributed by atoms with Crippen LogP contribution in [0.3, 0.4) is 0 Å². The smallest absolute Gasteiger partial charge is 0.311 e.